The molecule has 1 aromatic carbocycles. The number of hydrogen-bond donors (Lipinski definition) is 1. The smallest absolute Gasteiger partial charge is 0.123 e. The number of halogens is 1. The van der Waals surface area contributed by atoms with E-state index in [1.807, 2.05) is 6.92 Å². The molecule has 0 amide bonds. The lowest BCUT2D eigenvalue weighted by Gasteiger charge is -2.44. The summed E-state index contributed by atoms with van der Waals surface area (Å²) in [5.74, 6) is 1.88. The monoisotopic (exact) mass is 272 g/mol. The third kappa shape index (κ3) is 2.49. The van der Waals surface area contributed by atoms with Gasteiger partial charge in [-0.2, -0.15) is 0 Å². The molecule has 0 unspecified atom stereocenters. The lowest BCUT2D eigenvalue weighted by atomic mass is 9.92. The van der Waals surface area contributed by atoms with Gasteiger partial charge in [0.25, 0.3) is 0 Å². The second-order valence-electron chi connectivity index (χ2n) is 4.58. The fraction of sp³-hybridized carbons (Fsp3) is 0.538. The van der Waals surface area contributed by atoms with Crippen LogP contribution in [0.2, 0.25) is 0 Å². The normalized spacial score (nSPS) is 23.1. The average molecular weight is 272 g/mol. The van der Waals surface area contributed by atoms with Gasteiger partial charge in [-0.3, -0.25) is 0 Å². The lowest BCUT2D eigenvalue weighted by Crippen LogP contribution is -2.44. The number of thioether (sulfide) groups is 2. The lowest BCUT2D eigenvalue weighted by molar-refractivity contribution is 0.0487. The van der Waals surface area contributed by atoms with Crippen molar-refractivity contribution in [2.75, 3.05) is 11.5 Å². The Hall–Kier alpha value is -0.190. The summed E-state index contributed by atoms with van der Waals surface area (Å²) < 4.78 is 12.7. The maximum Gasteiger partial charge on any atom is 0.123 e. The van der Waals surface area contributed by atoms with Crippen molar-refractivity contribution in [2.45, 2.75) is 29.9 Å². The highest BCUT2D eigenvalue weighted by Crippen LogP contribution is 2.52. The van der Waals surface area contributed by atoms with E-state index < -0.39 is 5.60 Å². The van der Waals surface area contributed by atoms with E-state index in [4.69, 9.17) is 0 Å². The summed E-state index contributed by atoms with van der Waals surface area (Å²) in [5.41, 5.74) is -0.167. The van der Waals surface area contributed by atoms with Gasteiger partial charge in [0, 0.05) is 0 Å². The van der Waals surface area contributed by atoms with Crippen LogP contribution in [0, 0.1) is 5.82 Å². The first-order valence-electron chi connectivity index (χ1n) is 5.72. The van der Waals surface area contributed by atoms with Crippen LogP contribution in [0.5, 0.6) is 0 Å². The average Bonchev–Trinajstić information content (AvgIpc) is 2.30. The van der Waals surface area contributed by atoms with E-state index in [0.717, 1.165) is 17.1 Å². The van der Waals surface area contributed by atoms with Gasteiger partial charge in [0.15, 0.2) is 0 Å². The van der Waals surface area contributed by atoms with Gasteiger partial charge in [0.1, 0.15) is 11.4 Å². The van der Waals surface area contributed by atoms with Gasteiger partial charge in [-0.05, 0) is 49.5 Å². The standard InChI is InChI=1S/C13H17FOS2/c1-12(15,10-4-6-11(14)7-5-10)13(2)16-8-3-9-17-13/h4-7,15H,3,8-9H2,1-2H3/t12-/m0/s1. The molecule has 1 atom stereocenters. The second kappa shape index (κ2) is 4.82. The summed E-state index contributed by atoms with van der Waals surface area (Å²) in [6.45, 7) is 3.90. The molecule has 94 valence electrons. The van der Waals surface area contributed by atoms with E-state index in [0.29, 0.717) is 0 Å². The van der Waals surface area contributed by atoms with Crippen LogP contribution in [0.25, 0.3) is 0 Å². The number of hydrogen-bond acceptors (Lipinski definition) is 3. The molecule has 2 rings (SSSR count). The molecule has 1 N–H and O–H groups in total. The molecule has 0 aromatic heterocycles. The Bertz CT molecular complexity index is 383. The molecule has 0 aliphatic carbocycles. The Morgan fingerprint density at radius 3 is 2.29 bits per heavy atom. The first-order chi connectivity index (χ1) is 7.96. The third-order valence-corrected chi connectivity index (χ3v) is 6.92. The van der Waals surface area contributed by atoms with Gasteiger partial charge in [0.2, 0.25) is 0 Å². The Morgan fingerprint density at radius 2 is 1.76 bits per heavy atom. The van der Waals surface area contributed by atoms with E-state index in [2.05, 4.69) is 6.92 Å². The van der Waals surface area contributed by atoms with Crippen LogP contribution in [0.15, 0.2) is 24.3 Å². The molecule has 17 heavy (non-hydrogen) atoms. The van der Waals surface area contributed by atoms with Gasteiger partial charge in [-0.1, -0.05) is 12.1 Å². The second-order valence-corrected chi connectivity index (χ2v) is 7.86. The number of benzene rings is 1. The van der Waals surface area contributed by atoms with Crippen molar-refractivity contribution in [3.63, 3.8) is 0 Å². The molecule has 0 radical (unpaired) electrons. The minimum Gasteiger partial charge on any atom is -0.383 e. The first-order valence-corrected chi connectivity index (χ1v) is 7.69. The highest BCUT2D eigenvalue weighted by molar-refractivity contribution is 8.18. The van der Waals surface area contributed by atoms with Crippen LogP contribution in [0.3, 0.4) is 0 Å². The summed E-state index contributed by atoms with van der Waals surface area (Å²) in [4.78, 5) is 0. The molecule has 0 bridgehead atoms. The van der Waals surface area contributed by atoms with Crippen molar-refractivity contribution in [2.24, 2.45) is 0 Å². The fourth-order valence-corrected chi connectivity index (χ4v) is 5.12. The molecule has 1 fully saturated rings. The van der Waals surface area contributed by atoms with Crippen molar-refractivity contribution in [3.05, 3.63) is 35.6 Å². The molecule has 1 aliphatic rings. The topological polar surface area (TPSA) is 20.2 Å². The van der Waals surface area contributed by atoms with Gasteiger partial charge in [-0.25, -0.2) is 4.39 Å². The van der Waals surface area contributed by atoms with E-state index in [1.54, 1.807) is 35.7 Å². The quantitative estimate of drug-likeness (QED) is 0.888. The van der Waals surface area contributed by atoms with Gasteiger partial charge in [-0.15, -0.1) is 23.5 Å². The molecule has 1 aliphatic heterocycles. The van der Waals surface area contributed by atoms with E-state index in [-0.39, 0.29) is 9.90 Å². The van der Waals surface area contributed by atoms with Crippen LogP contribution >= 0.6 is 23.5 Å². The Kier molecular flexibility index (Phi) is 3.76. The highest BCUT2D eigenvalue weighted by Gasteiger charge is 2.46. The molecule has 1 heterocycles. The van der Waals surface area contributed by atoms with Gasteiger partial charge in [0.05, 0.1) is 4.08 Å². The molecular weight excluding hydrogens is 255 g/mol. The summed E-state index contributed by atoms with van der Waals surface area (Å²) in [5, 5.41) is 10.8. The summed E-state index contributed by atoms with van der Waals surface area (Å²) in [6, 6.07) is 6.17. The van der Waals surface area contributed by atoms with Crippen molar-refractivity contribution in [3.8, 4) is 0 Å². The summed E-state index contributed by atoms with van der Waals surface area (Å²) in [7, 11) is 0. The molecule has 1 aromatic rings. The largest absolute Gasteiger partial charge is 0.383 e. The predicted octanol–water partition coefficient (Wildman–Crippen LogP) is 3.62. The molecule has 0 spiro atoms. The minimum atomic E-state index is -0.948. The SMILES string of the molecule is CC1([C@@](C)(O)c2ccc(F)cc2)SCCCS1. The van der Waals surface area contributed by atoms with Crippen molar-refractivity contribution in [1.82, 2.24) is 0 Å². The van der Waals surface area contributed by atoms with Gasteiger partial charge >= 0.3 is 0 Å². The van der Waals surface area contributed by atoms with Crippen LogP contribution < -0.4 is 0 Å². The minimum absolute atomic E-state index is 0.261. The van der Waals surface area contributed by atoms with Crippen molar-refractivity contribution < 1.29 is 9.50 Å². The van der Waals surface area contributed by atoms with E-state index in [9.17, 15) is 9.50 Å². The number of aliphatic hydroxyl groups is 1. The van der Waals surface area contributed by atoms with E-state index >= 15 is 0 Å². The third-order valence-electron chi connectivity index (χ3n) is 3.33. The van der Waals surface area contributed by atoms with Crippen LogP contribution in [0.1, 0.15) is 25.8 Å². The first kappa shape index (κ1) is 13.2. The van der Waals surface area contributed by atoms with Crippen LogP contribution in [-0.2, 0) is 5.60 Å². The zero-order chi connectivity index (χ0) is 12.5. The summed E-state index contributed by atoms with van der Waals surface area (Å²) in [6.07, 6.45) is 1.18. The zero-order valence-electron chi connectivity index (χ0n) is 10.1. The zero-order valence-corrected chi connectivity index (χ0v) is 11.7. The molecule has 1 nitrogen and oxygen atoms in total. The van der Waals surface area contributed by atoms with Crippen molar-refractivity contribution >= 4 is 23.5 Å². The highest BCUT2D eigenvalue weighted by atomic mass is 32.2. The number of rotatable bonds is 2. The van der Waals surface area contributed by atoms with Gasteiger partial charge < -0.3 is 5.11 Å². The maximum absolute atomic E-state index is 12.9. The molecular formula is C13H17FOS2. The van der Waals surface area contributed by atoms with Crippen LogP contribution in [0.4, 0.5) is 4.39 Å². The van der Waals surface area contributed by atoms with E-state index in [1.165, 1.54) is 18.6 Å². The Balaban J connectivity index is 2.30. The van der Waals surface area contributed by atoms with Crippen LogP contribution in [-0.4, -0.2) is 20.7 Å². The molecule has 1 saturated heterocycles. The Morgan fingerprint density at radius 1 is 1.24 bits per heavy atom. The maximum atomic E-state index is 12.9. The fourth-order valence-electron chi connectivity index (χ4n) is 1.95. The van der Waals surface area contributed by atoms with Crippen molar-refractivity contribution in [1.29, 1.82) is 0 Å². The Labute approximate surface area is 110 Å². The predicted molar refractivity (Wildman–Crippen MR) is 73.9 cm³/mol. The molecule has 4 heteroatoms. The summed E-state index contributed by atoms with van der Waals surface area (Å²) >= 11 is 3.58. The molecule has 0 saturated carbocycles.